The van der Waals surface area contributed by atoms with Crippen molar-refractivity contribution >= 4 is 21.8 Å². The predicted octanol–water partition coefficient (Wildman–Crippen LogP) is 11.0. The van der Waals surface area contributed by atoms with Gasteiger partial charge >= 0.3 is 0 Å². The normalized spacial score (nSPS) is 11.2. The summed E-state index contributed by atoms with van der Waals surface area (Å²) in [5.41, 5.74) is 12.6. The first-order chi connectivity index (χ1) is 24.7. The maximum absolute atomic E-state index is 5.20. The van der Waals surface area contributed by atoms with Gasteiger partial charge in [0.25, 0.3) is 0 Å². The molecule has 0 N–H and O–H groups in total. The number of rotatable bonds is 6. The molecular weight excluding hydrogens is 611 g/mol. The molecule has 0 aliphatic rings. The molecule has 0 unspecified atom stereocenters. The molecule has 50 heavy (non-hydrogen) atoms. The summed E-state index contributed by atoms with van der Waals surface area (Å²) in [6.45, 7) is 0. The Balaban J connectivity index is 1.23. The first kappa shape index (κ1) is 29.3. The van der Waals surface area contributed by atoms with Gasteiger partial charge < -0.3 is 0 Å². The molecule has 0 atom stereocenters. The second-order valence-electron chi connectivity index (χ2n) is 12.2. The van der Waals surface area contributed by atoms with Gasteiger partial charge in [0, 0.05) is 57.2 Å². The molecule has 5 heteroatoms. The zero-order chi connectivity index (χ0) is 33.3. The Morgan fingerprint density at radius 1 is 0.320 bits per heavy atom. The van der Waals surface area contributed by atoms with Gasteiger partial charge in [0.05, 0.1) is 28.1 Å². The minimum absolute atomic E-state index is 0.667. The van der Waals surface area contributed by atoms with Gasteiger partial charge in [-0.25, -0.2) is 15.0 Å². The van der Waals surface area contributed by atoms with Gasteiger partial charge in [-0.15, -0.1) is 0 Å². The van der Waals surface area contributed by atoms with E-state index in [1.54, 1.807) is 6.20 Å². The molecule has 0 saturated heterocycles. The fourth-order valence-corrected chi connectivity index (χ4v) is 6.43. The minimum Gasteiger partial charge on any atom is -0.264 e. The molecule has 5 aromatic carbocycles. The summed E-state index contributed by atoms with van der Waals surface area (Å²) in [5.74, 6) is 0.667. The third kappa shape index (κ3) is 5.67. The van der Waals surface area contributed by atoms with Gasteiger partial charge in [0.1, 0.15) is 0 Å². The van der Waals surface area contributed by atoms with Crippen molar-refractivity contribution in [1.82, 2.24) is 24.9 Å². The quantitative estimate of drug-likeness (QED) is 0.169. The molecule has 0 aliphatic carbocycles. The lowest BCUT2D eigenvalue weighted by atomic mass is 9.96. The Labute approximate surface area is 289 Å². The number of hydrogen-bond donors (Lipinski definition) is 0. The molecule has 0 radical (unpaired) electrons. The highest BCUT2D eigenvalue weighted by atomic mass is 14.9. The third-order valence-electron chi connectivity index (χ3n) is 9.00. The lowest BCUT2D eigenvalue weighted by Crippen LogP contribution is -1.97. The van der Waals surface area contributed by atoms with Gasteiger partial charge in [0.15, 0.2) is 5.82 Å². The third-order valence-corrected chi connectivity index (χ3v) is 9.00. The monoisotopic (exact) mass is 639 g/mol. The number of fused-ring (bicyclic) bond motifs is 3. The van der Waals surface area contributed by atoms with E-state index in [9.17, 15) is 0 Å². The van der Waals surface area contributed by atoms with Crippen molar-refractivity contribution in [3.05, 3.63) is 176 Å². The van der Waals surface area contributed by atoms with E-state index in [4.69, 9.17) is 15.0 Å². The largest absolute Gasteiger partial charge is 0.264 e. The molecule has 4 aromatic heterocycles. The Morgan fingerprint density at radius 2 is 0.900 bits per heavy atom. The van der Waals surface area contributed by atoms with Crippen LogP contribution in [0.5, 0.6) is 0 Å². The molecule has 0 aliphatic heterocycles. The summed E-state index contributed by atoms with van der Waals surface area (Å²) in [5, 5.41) is 2.11. The van der Waals surface area contributed by atoms with Crippen molar-refractivity contribution in [3.63, 3.8) is 0 Å². The van der Waals surface area contributed by atoms with E-state index in [1.807, 2.05) is 48.8 Å². The van der Waals surface area contributed by atoms with E-state index >= 15 is 0 Å². The average molecular weight is 640 g/mol. The molecule has 9 aromatic rings. The molecular formula is C45H29N5. The summed E-state index contributed by atoms with van der Waals surface area (Å²) in [6.07, 6.45) is 5.51. The van der Waals surface area contributed by atoms with Crippen molar-refractivity contribution in [2.45, 2.75) is 0 Å². The SMILES string of the molecule is c1ccc(-c2ccc(-c3cc(-c4cc(-c5cccnc5)cc(-c5ccc6ccc7cccnc7c6n5)c4)nc(-c4ccccc4)n3)cc2)cc1. The summed E-state index contributed by atoms with van der Waals surface area (Å²) in [7, 11) is 0. The van der Waals surface area contributed by atoms with Gasteiger partial charge in [-0.2, -0.15) is 0 Å². The molecule has 0 saturated carbocycles. The topological polar surface area (TPSA) is 64.5 Å². The number of benzene rings is 5. The maximum Gasteiger partial charge on any atom is 0.160 e. The van der Waals surface area contributed by atoms with Crippen LogP contribution in [0.15, 0.2) is 176 Å². The number of aromatic nitrogens is 5. The number of hydrogen-bond acceptors (Lipinski definition) is 5. The minimum atomic E-state index is 0.667. The van der Waals surface area contributed by atoms with Crippen LogP contribution in [0.2, 0.25) is 0 Å². The molecule has 5 nitrogen and oxygen atoms in total. The molecule has 0 spiro atoms. The number of pyridine rings is 3. The van der Waals surface area contributed by atoms with Crippen LogP contribution in [-0.4, -0.2) is 24.9 Å². The van der Waals surface area contributed by atoms with E-state index < -0.39 is 0 Å². The van der Waals surface area contributed by atoms with Crippen molar-refractivity contribution < 1.29 is 0 Å². The first-order valence-electron chi connectivity index (χ1n) is 16.6. The van der Waals surface area contributed by atoms with Crippen molar-refractivity contribution in [1.29, 1.82) is 0 Å². The summed E-state index contributed by atoms with van der Waals surface area (Å²) < 4.78 is 0. The van der Waals surface area contributed by atoms with Crippen LogP contribution in [0.3, 0.4) is 0 Å². The highest BCUT2D eigenvalue weighted by molar-refractivity contribution is 6.03. The molecule has 0 fully saturated rings. The van der Waals surface area contributed by atoms with Gasteiger partial charge in [-0.05, 0) is 59.2 Å². The second kappa shape index (κ2) is 12.6. The molecule has 0 bridgehead atoms. The predicted molar refractivity (Wildman–Crippen MR) is 203 cm³/mol. The van der Waals surface area contributed by atoms with Gasteiger partial charge in [-0.3, -0.25) is 9.97 Å². The van der Waals surface area contributed by atoms with Crippen LogP contribution in [0.4, 0.5) is 0 Å². The van der Waals surface area contributed by atoms with E-state index in [0.717, 1.165) is 77.8 Å². The summed E-state index contributed by atoms with van der Waals surface area (Å²) in [4.78, 5) is 24.6. The van der Waals surface area contributed by atoms with Crippen LogP contribution in [0.1, 0.15) is 0 Å². The molecule has 4 heterocycles. The van der Waals surface area contributed by atoms with Crippen molar-refractivity contribution in [3.8, 4) is 67.4 Å². The van der Waals surface area contributed by atoms with Crippen LogP contribution < -0.4 is 0 Å². The summed E-state index contributed by atoms with van der Waals surface area (Å²) in [6, 6.07) is 54.2. The highest BCUT2D eigenvalue weighted by Crippen LogP contribution is 2.35. The fraction of sp³-hybridized carbons (Fsp3) is 0. The van der Waals surface area contributed by atoms with Crippen LogP contribution in [-0.2, 0) is 0 Å². The zero-order valence-electron chi connectivity index (χ0n) is 27.0. The number of nitrogens with zero attached hydrogens (tertiary/aromatic N) is 5. The Bertz CT molecular complexity index is 2620. The lowest BCUT2D eigenvalue weighted by molar-refractivity contribution is 1.18. The molecule has 0 amide bonds. The highest BCUT2D eigenvalue weighted by Gasteiger charge is 2.15. The molecule has 9 rings (SSSR count). The average Bonchev–Trinajstić information content (AvgIpc) is 3.21. The first-order valence-corrected chi connectivity index (χ1v) is 16.6. The van der Waals surface area contributed by atoms with Gasteiger partial charge in [0.2, 0.25) is 0 Å². The summed E-state index contributed by atoms with van der Waals surface area (Å²) >= 11 is 0. The standard InChI is InChI=1S/C45H29N5/c1-3-9-30(10-4-1)31-15-17-32(18-16-31)41-28-42(50-45(49-41)35-11-5-2-6-12-35)39-26-37(36-14-7-23-46-29-36)25-38(27-39)40-22-21-34-20-19-33-13-8-24-47-43(33)44(34)48-40/h1-29H. The second-order valence-corrected chi connectivity index (χ2v) is 12.2. The zero-order valence-corrected chi connectivity index (χ0v) is 27.0. The van der Waals surface area contributed by atoms with E-state index in [-0.39, 0.29) is 0 Å². The van der Waals surface area contributed by atoms with Crippen LogP contribution in [0, 0.1) is 0 Å². The fourth-order valence-electron chi connectivity index (χ4n) is 6.43. The Kier molecular flexibility index (Phi) is 7.41. The maximum atomic E-state index is 5.20. The van der Waals surface area contributed by atoms with Crippen molar-refractivity contribution in [2.75, 3.05) is 0 Å². The van der Waals surface area contributed by atoms with E-state index in [1.165, 1.54) is 5.56 Å². The van der Waals surface area contributed by atoms with Crippen molar-refractivity contribution in [2.24, 2.45) is 0 Å². The Morgan fingerprint density at radius 3 is 1.64 bits per heavy atom. The van der Waals surface area contributed by atoms with E-state index in [0.29, 0.717) is 5.82 Å². The van der Waals surface area contributed by atoms with Crippen LogP contribution in [0.25, 0.3) is 89.2 Å². The molecule has 234 valence electrons. The smallest absolute Gasteiger partial charge is 0.160 e. The van der Waals surface area contributed by atoms with Gasteiger partial charge in [-0.1, -0.05) is 115 Å². The van der Waals surface area contributed by atoms with E-state index in [2.05, 4.69) is 131 Å². The lowest BCUT2D eigenvalue weighted by Gasteiger charge is -2.13. The Hall–Kier alpha value is -6.85. The van der Waals surface area contributed by atoms with Crippen LogP contribution >= 0.6 is 0 Å².